The Morgan fingerprint density at radius 3 is 2.54 bits per heavy atom. The second-order valence-electron chi connectivity index (χ2n) is 6.38. The minimum absolute atomic E-state index is 0.174. The maximum Gasteiger partial charge on any atom is 0.348 e. The van der Waals surface area contributed by atoms with Crippen LogP contribution in [0.2, 0.25) is 0 Å². The third-order valence-electron chi connectivity index (χ3n) is 4.31. The second-order valence-corrected chi connectivity index (χ2v) is 7.51. The summed E-state index contributed by atoms with van der Waals surface area (Å²) in [4.78, 5) is 37.3. The van der Waals surface area contributed by atoms with Gasteiger partial charge in [0.15, 0.2) is 12.4 Å². The van der Waals surface area contributed by atoms with Crippen LogP contribution in [0.3, 0.4) is 0 Å². The van der Waals surface area contributed by atoms with Crippen molar-refractivity contribution in [2.45, 2.75) is 39.0 Å². The van der Waals surface area contributed by atoms with Crippen LogP contribution >= 0.6 is 11.3 Å². The lowest BCUT2D eigenvalue weighted by Crippen LogP contribution is -2.13. The summed E-state index contributed by atoms with van der Waals surface area (Å²) in [6.45, 7) is 1.13. The van der Waals surface area contributed by atoms with Crippen LogP contribution in [0.25, 0.3) is 0 Å². The van der Waals surface area contributed by atoms with Gasteiger partial charge in [-0.05, 0) is 61.6 Å². The Balaban J connectivity index is 1.57. The number of rotatable bonds is 5. The van der Waals surface area contributed by atoms with E-state index in [1.165, 1.54) is 35.1 Å². The average molecular weight is 371 g/mol. The third-order valence-corrected chi connectivity index (χ3v) is 5.53. The highest BCUT2D eigenvalue weighted by molar-refractivity contribution is 7.14. The van der Waals surface area contributed by atoms with E-state index < -0.39 is 5.97 Å². The summed E-state index contributed by atoms with van der Waals surface area (Å²) < 4.78 is 5.20. The highest BCUT2D eigenvalue weighted by Gasteiger charge is 2.18. The molecule has 1 heterocycles. The molecule has 0 saturated heterocycles. The number of hydrogen-bond acceptors (Lipinski definition) is 5. The van der Waals surface area contributed by atoms with Gasteiger partial charge in [0.2, 0.25) is 5.91 Å². The van der Waals surface area contributed by atoms with E-state index in [0.29, 0.717) is 16.1 Å². The van der Waals surface area contributed by atoms with E-state index in [1.807, 2.05) is 6.07 Å². The van der Waals surface area contributed by atoms with Crippen molar-refractivity contribution in [3.8, 4) is 0 Å². The lowest BCUT2D eigenvalue weighted by atomic mass is 10.1. The fraction of sp³-hybridized carbons (Fsp3) is 0.350. The lowest BCUT2D eigenvalue weighted by Gasteiger charge is -2.05. The number of nitrogens with one attached hydrogen (secondary N) is 1. The highest BCUT2D eigenvalue weighted by atomic mass is 32.1. The summed E-state index contributed by atoms with van der Waals surface area (Å²) >= 11 is 1.49. The number of fused-ring (bicyclic) bond motifs is 1. The van der Waals surface area contributed by atoms with Crippen LogP contribution in [-0.2, 0) is 22.4 Å². The third kappa shape index (κ3) is 4.58. The zero-order valence-corrected chi connectivity index (χ0v) is 15.5. The number of amides is 1. The first-order valence-electron chi connectivity index (χ1n) is 8.72. The highest BCUT2D eigenvalue weighted by Crippen LogP contribution is 2.29. The SMILES string of the molecule is CC(=O)Nc1ccc(C(=O)COC(=O)c2cc3c(s2)CCCCC3)cc1. The van der Waals surface area contributed by atoms with Crippen molar-refractivity contribution < 1.29 is 19.1 Å². The van der Waals surface area contributed by atoms with E-state index >= 15 is 0 Å². The molecule has 136 valence electrons. The zero-order valence-electron chi connectivity index (χ0n) is 14.7. The smallest absolute Gasteiger partial charge is 0.348 e. The number of ether oxygens (including phenoxy) is 1. The molecule has 0 spiro atoms. The molecular formula is C20H21NO4S. The maximum atomic E-state index is 12.2. The molecule has 2 aromatic rings. The minimum atomic E-state index is -0.439. The van der Waals surface area contributed by atoms with Crippen LogP contribution in [0.4, 0.5) is 5.69 Å². The molecule has 0 radical (unpaired) electrons. The molecule has 1 aromatic carbocycles. The van der Waals surface area contributed by atoms with Gasteiger partial charge in [0.25, 0.3) is 0 Å². The van der Waals surface area contributed by atoms with Crippen LogP contribution in [0.5, 0.6) is 0 Å². The van der Waals surface area contributed by atoms with Crippen LogP contribution in [-0.4, -0.2) is 24.3 Å². The van der Waals surface area contributed by atoms with Gasteiger partial charge in [0.05, 0.1) is 0 Å². The minimum Gasteiger partial charge on any atom is -0.453 e. The Morgan fingerprint density at radius 2 is 1.81 bits per heavy atom. The maximum absolute atomic E-state index is 12.2. The van der Waals surface area contributed by atoms with E-state index in [0.717, 1.165) is 25.7 Å². The van der Waals surface area contributed by atoms with Gasteiger partial charge in [-0.15, -0.1) is 11.3 Å². The summed E-state index contributed by atoms with van der Waals surface area (Å²) in [5.41, 5.74) is 2.30. The number of hydrogen-bond donors (Lipinski definition) is 1. The molecule has 1 amide bonds. The molecule has 0 fully saturated rings. The fourth-order valence-corrected chi connectivity index (χ4v) is 4.14. The standard InChI is InChI=1S/C20H21NO4S/c1-13(22)21-16-9-7-14(8-10-16)17(23)12-25-20(24)19-11-15-5-3-2-4-6-18(15)26-19/h7-11H,2-6,12H2,1H3,(H,21,22). The van der Waals surface area contributed by atoms with Gasteiger partial charge in [-0.2, -0.15) is 0 Å². The molecule has 1 N–H and O–H groups in total. The van der Waals surface area contributed by atoms with Crippen molar-refractivity contribution in [2.75, 3.05) is 11.9 Å². The Hall–Kier alpha value is -2.47. The largest absolute Gasteiger partial charge is 0.453 e. The quantitative estimate of drug-likeness (QED) is 0.490. The van der Waals surface area contributed by atoms with Gasteiger partial charge < -0.3 is 10.1 Å². The molecule has 0 aliphatic heterocycles. The van der Waals surface area contributed by atoms with Crippen LogP contribution in [0, 0.1) is 0 Å². The molecule has 0 atom stereocenters. The fourth-order valence-electron chi connectivity index (χ4n) is 3.00. The number of esters is 1. The normalized spacial score (nSPS) is 13.4. The number of Topliss-reactive ketones (excluding diaryl/α,β-unsaturated/α-hetero) is 1. The van der Waals surface area contributed by atoms with E-state index in [-0.39, 0.29) is 18.3 Å². The molecule has 1 aliphatic rings. The summed E-state index contributed by atoms with van der Waals surface area (Å²) in [5.74, 6) is -0.885. The zero-order chi connectivity index (χ0) is 18.5. The van der Waals surface area contributed by atoms with E-state index in [9.17, 15) is 14.4 Å². The predicted octanol–water partition coefficient (Wildman–Crippen LogP) is 4.02. The molecule has 26 heavy (non-hydrogen) atoms. The van der Waals surface area contributed by atoms with Crippen LogP contribution in [0.1, 0.15) is 56.7 Å². The van der Waals surface area contributed by atoms with Gasteiger partial charge in [-0.3, -0.25) is 9.59 Å². The number of carbonyl (C=O) groups is 3. The summed E-state index contributed by atoms with van der Waals surface area (Å²) in [6, 6.07) is 8.42. The first-order chi connectivity index (χ1) is 12.5. The molecular weight excluding hydrogens is 350 g/mol. The Bertz CT molecular complexity index is 799. The van der Waals surface area contributed by atoms with Crippen molar-refractivity contribution in [1.82, 2.24) is 0 Å². The Labute approximate surface area is 156 Å². The number of carbonyl (C=O) groups excluding carboxylic acids is 3. The van der Waals surface area contributed by atoms with Crippen molar-refractivity contribution in [2.24, 2.45) is 0 Å². The van der Waals surface area contributed by atoms with Gasteiger partial charge in [-0.25, -0.2) is 4.79 Å². The summed E-state index contributed by atoms with van der Waals surface area (Å²) in [5, 5.41) is 2.64. The van der Waals surface area contributed by atoms with Gasteiger partial charge in [-0.1, -0.05) is 6.42 Å². The van der Waals surface area contributed by atoms with E-state index in [1.54, 1.807) is 24.3 Å². The summed E-state index contributed by atoms with van der Waals surface area (Å²) in [6.07, 6.45) is 5.59. The number of anilines is 1. The number of ketones is 1. The van der Waals surface area contributed by atoms with Gasteiger partial charge >= 0.3 is 5.97 Å². The van der Waals surface area contributed by atoms with Crippen molar-refractivity contribution in [3.05, 3.63) is 51.2 Å². The molecule has 6 heteroatoms. The Kier molecular flexibility index (Phi) is 5.83. The number of benzene rings is 1. The molecule has 0 bridgehead atoms. The second kappa shape index (κ2) is 8.27. The topological polar surface area (TPSA) is 72.5 Å². The number of aryl methyl sites for hydroxylation is 2. The van der Waals surface area contributed by atoms with Gasteiger partial charge in [0.1, 0.15) is 4.88 Å². The predicted molar refractivity (Wildman–Crippen MR) is 101 cm³/mol. The van der Waals surface area contributed by atoms with E-state index in [2.05, 4.69) is 5.32 Å². The van der Waals surface area contributed by atoms with Crippen LogP contribution in [0.15, 0.2) is 30.3 Å². The number of thiophene rings is 1. The van der Waals surface area contributed by atoms with Crippen molar-refractivity contribution >= 4 is 34.7 Å². The molecule has 1 aliphatic carbocycles. The molecule has 3 rings (SSSR count). The monoisotopic (exact) mass is 371 g/mol. The molecule has 0 saturated carbocycles. The Morgan fingerprint density at radius 1 is 1.08 bits per heavy atom. The van der Waals surface area contributed by atoms with Crippen molar-refractivity contribution in [3.63, 3.8) is 0 Å². The van der Waals surface area contributed by atoms with Crippen LogP contribution < -0.4 is 5.32 Å². The first-order valence-corrected chi connectivity index (χ1v) is 9.54. The van der Waals surface area contributed by atoms with E-state index in [4.69, 9.17) is 4.74 Å². The lowest BCUT2D eigenvalue weighted by molar-refractivity contribution is -0.114. The summed E-state index contributed by atoms with van der Waals surface area (Å²) in [7, 11) is 0. The molecule has 0 unspecified atom stereocenters. The molecule has 1 aromatic heterocycles. The average Bonchev–Trinajstić information content (AvgIpc) is 2.90. The first kappa shape index (κ1) is 18.3. The van der Waals surface area contributed by atoms with Gasteiger partial charge in [0, 0.05) is 23.1 Å². The molecule has 5 nitrogen and oxygen atoms in total. The van der Waals surface area contributed by atoms with Crippen molar-refractivity contribution in [1.29, 1.82) is 0 Å².